The predicted octanol–water partition coefficient (Wildman–Crippen LogP) is 1.24. The number of carbonyl (C=O) groups is 1. The van der Waals surface area contributed by atoms with Gasteiger partial charge in [0.25, 0.3) is 5.91 Å². The van der Waals surface area contributed by atoms with Crippen LogP contribution in [-0.4, -0.2) is 17.4 Å². The summed E-state index contributed by atoms with van der Waals surface area (Å²) in [7, 11) is 0. The Morgan fingerprint density at radius 2 is 2.32 bits per heavy atom. The van der Waals surface area contributed by atoms with Crippen LogP contribution in [0.1, 0.15) is 21.9 Å². The van der Waals surface area contributed by atoms with Gasteiger partial charge in [-0.05, 0) is 17.7 Å². The van der Waals surface area contributed by atoms with Gasteiger partial charge in [0.2, 0.25) is 0 Å². The predicted molar refractivity (Wildman–Crippen MR) is 66.8 cm³/mol. The first-order valence-corrected chi connectivity index (χ1v) is 5.86. The highest BCUT2D eigenvalue weighted by atomic mass is 19.1. The van der Waals surface area contributed by atoms with Crippen LogP contribution in [-0.2, 0) is 13.0 Å². The fourth-order valence-electron chi connectivity index (χ4n) is 1.57. The Hall–Kier alpha value is -2.21. The highest BCUT2D eigenvalue weighted by Gasteiger charge is 2.11. The van der Waals surface area contributed by atoms with Crippen LogP contribution in [0.25, 0.3) is 0 Å². The van der Waals surface area contributed by atoms with Crippen molar-refractivity contribution in [2.75, 3.05) is 6.54 Å². The molecule has 0 saturated carbocycles. The molecule has 0 aliphatic carbocycles. The molecule has 0 unspecified atom stereocenters. The van der Waals surface area contributed by atoms with E-state index in [1.54, 1.807) is 12.1 Å². The Bertz CT molecular complexity index is 569. The van der Waals surface area contributed by atoms with Gasteiger partial charge in [0.05, 0.1) is 0 Å². The van der Waals surface area contributed by atoms with Gasteiger partial charge in [-0.1, -0.05) is 12.1 Å². The van der Waals surface area contributed by atoms with Crippen LogP contribution in [0.5, 0.6) is 0 Å². The van der Waals surface area contributed by atoms with Crippen LogP contribution in [0.15, 0.2) is 34.9 Å². The van der Waals surface area contributed by atoms with Gasteiger partial charge in [0.1, 0.15) is 12.1 Å². The summed E-state index contributed by atoms with van der Waals surface area (Å²) in [6.45, 7) is 0.639. The molecule has 1 heterocycles. The van der Waals surface area contributed by atoms with Crippen LogP contribution in [0.2, 0.25) is 0 Å². The van der Waals surface area contributed by atoms with E-state index in [4.69, 9.17) is 10.2 Å². The molecule has 0 spiro atoms. The maximum atomic E-state index is 13.0. The van der Waals surface area contributed by atoms with Gasteiger partial charge in [-0.15, -0.1) is 0 Å². The van der Waals surface area contributed by atoms with Crippen LogP contribution in [0.4, 0.5) is 4.39 Å². The van der Waals surface area contributed by atoms with E-state index < -0.39 is 0 Å². The molecular formula is C13H14FN3O2. The first-order valence-electron chi connectivity index (χ1n) is 5.86. The molecule has 0 aliphatic rings. The topological polar surface area (TPSA) is 81.1 Å². The molecule has 19 heavy (non-hydrogen) atoms. The number of hydrogen-bond acceptors (Lipinski definition) is 4. The average molecular weight is 263 g/mol. The highest BCUT2D eigenvalue weighted by Crippen LogP contribution is 2.05. The fraction of sp³-hybridized carbons (Fsp3) is 0.231. The summed E-state index contributed by atoms with van der Waals surface area (Å²) in [5.41, 5.74) is 6.23. The molecule has 1 aromatic carbocycles. The van der Waals surface area contributed by atoms with Crippen molar-refractivity contribution in [1.82, 2.24) is 10.3 Å². The van der Waals surface area contributed by atoms with E-state index in [0.717, 1.165) is 0 Å². The number of nitrogens with one attached hydrogen (secondary N) is 1. The van der Waals surface area contributed by atoms with Gasteiger partial charge < -0.3 is 15.5 Å². The van der Waals surface area contributed by atoms with E-state index in [0.29, 0.717) is 24.4 Å². The fourth-order valence-corrected chi connectivity index (χ4v) is 1.57. The van der Waals surface area contributed by atoms with Crippen molar-refractivity contribution < 1.29 is 13.6 Å². The van der Waals surface area contributed by atoms with E-state index in [2.05, 4.69) is 10.3 Å². The molecule has 3 N–H and O–H groups in total. The first-order chi connectivity index (χ1) is 9.19. The average Bonchev–Trinajstić information content (AvgIpc) is 2.85. The lowest BCUT2D eigenvalue weighted by Crippen LogP contribution is -2.23. The third-order valence-electron chi connectivity index (χ3n) is 2.48. The number of nitrogens with two attached hydrogens (primary N) is 1. The number of amides is 1. The Morgan fingerprint density at radius 1 is 1.47 bits per heavy atom. The SMILES string of the molecule is NCCc1nc(C(=O)NCc2cccc(F)c2)co1. The summed E-state index contributed by atoms with van der Waals surface area (Å²) in [5.74, 6) is -0.270. The third-order valence-corrected chi connectivity index (χ3v) is 2.48. The molecule has 5 nitrogen and oxygen atoms in total. The zero-order chi connectivity index (χ0) is 13.7. The molecular weight excluding hydrogens is 249 g/mol. The second-order valence-corrected chi connectivity index (χ2v) is 3.98. The minimum absolute atomic E-state index is 0.194. The van der Waals surface area contributed by atoms with Crippen LogP contribution < -0.4 is 11.1 Å². The monoisotopic (exact) mass is 263 g/mol. The van der Waals surface area contributed by atoms with Crippen LogP contribution in [0.3, 0.4) is 0 Å². The smallest absolute Gasteiger partial charge is 0.273 e. The first kappa shape index (κ1) is 13.2. The van der Waals surface area contributed by atoms with Crippen molar-refractivity contribution in [3.63, 3.8) is 0 Å². The van der Waals surface area contributed by atoms with Crippen LogP contribution in [0, 0.1) is 5.82 Å². The van der Waals surface area contributed by atoms with Gasteiger partial charge >= 0.3 is 0 Å². The summed E-state index contributed by atoms with van der Waals surface area (Å²) >= 11 is 0. The Labute approximate surface area is 109 Å². The quantitative estimate of drug-likeness (QED) is 0.850. The van der Waals surface area contributed by atoms with Crippen molar-refractivity contribution in [3.05, 3.63) is 53.5 Å². The minimum atomic E-state index is -0.365. The molecule has 1 aromatic heterocycles. The van der Waals surface area contributed by atoms with Crippen LogP contribution >= 0.6 is 0 Å². The molecule has 0 fully saturated rings. The van der Waals surface area contributed by atoms with E-state index in [-0.39, 0.29) is 24.0 Å². The number of halogens is 1. The van der Waals surface area contributed by atoms with Gasteiger partial charge in [-0.3, -0.25) is 4.79 Å². The second kappa shape index (κ2) is 6.10. The standard InChI is InChI=1S/C13H14FN3O2/c14-10-3-1-2-9(6-10)7-16-13(18)11-8-19-12(17-11)4-5-15/h1-3,6,8H,4-5,7,15H2,(H,16,18). The molecule has 2 aromatic rings. The van der Waals surface area contributed by atoms with E-state index in [1.807, 2.05) is 0 Å². The third kappa shape index (κ3) is 3.62. The van der Waals surface area contributed by atoms with Crippen molar-refractivity contribution in [2.45, 2.75) is 13.0 Å². The molecule has 0 aliphatic heterocycles. The lowest BCUT2D eigenvalue weighted by molar-refractivity contribution is 0.0946. The van der Waals surface area contributed by atoms with Crippen molar-refractivity contribution in [3.8, 4) is 0 Å². The highest BCUT2D eigenvalue weighted by molar-refractivity contribution is 5.91. The summed E-state index contributed by atoms with van der Waals surface area (Å²) in [5, 5.41) is 2.64. The zero-order valence-corrected chi connectivity index (χ0v) is 10.2. The number of nitrogens with zero attached hydrogens (tertiary/aromatic N) is 1. The number of benzene rings is 1. The molecule has 100 valence electrons. The van der Waals surface area contributed by atoms with Gasteiger partial charge in [0.15, 0.2) is 11.6 Å². The molecule has 0 radical (unpaired) electrons. The largest absolute Gasteiger partial charge is 0.448 e. The molecule has 6 heteroatoms. The lowest BCUT2D eigenvalue weighted by Gasteiger charge is -2.02. The molecule has 2 rings (SSSR count). The number of oxazole rings is 1. The molecule has 1 amide bonds. The van der Waals surface area contributed by atoms with E-state index in [1.165, 1.54) is 18.4 Å². The normalized spacial score (nSPS) is 10.4. The Kier molecular flexibility index (Phi) is 4.25. The summed E-state index contributed by atoms with van der Waals surface area (Å²) in [6, 6.07) is 6.03. The summed E-state index contributed by atoms with van der Waals surface area (Å²) in [4.78, 5) is 15.8. The van der Waals surface area contributed by atoms with Crippen molar-refractivity contribution in [1.29, 1.82) is 0 Å². The van der Waals surface area contributed by atoms with E-state index in [9.17, 15) is 9.18 Å². The maximum absolute atomic E-state index is 13.0. The van der Waals surface area contributed by atoms with Gasteiger partial charge in [0, 0.05) is 19.5 Å². The maximum Gasteiger partial charge on any atom is 0.273 e. The van der Waals surface area contributed by atoms with Gasteiger partial charge in [-0.2, -0.15) is 0 Å². The summed E-state index contributed by atoms with van der Waals surface area (Å²) < 4.78 is 18.0. The number of rotatable bonds is 5. The number of hydrogen-bond donors (Lipinski definition) is 2. The van der Waals surface area contributed by atoms with Gasteiger partial charge in [-0.25, -0.2) is 9.37 Å². The Morgan fingerprint density at radius 3 is 3.05 bits per heavy atom. The molecule has 0 atom stereocenters. The number of aromatic nitrogens is 1. The molecule has 0 bridgehead atoms. The molecule has 0 saturated heterocycles. The Balaban J connectivity index is 1.93. The van der Waals surface area contributed by atoms with Crippen molar-refractivity contribution >= 4 is 5.91 Å². The lowest BCUT2D eigenvalue weighted by atomic mass is 10.2. The number of carbonyl (C=O) groups excluding carboxylic acids is 1. The zero-order valence-electron chi connectivity index (χ0n) is 10.2. The van der Waals surface area contributed by atoms with Crippen molar-refractivity contribution in [2.24, 2.45) is 5.73 Å². The summed E-state index contributed by atoms with van der Waals surface area (Å²) in [6.07, 6.45) is 1.77. The second-order valence-electron chi connectivity index (χ2n) is 3.98. The van der Waals surface area contributed by atoms with E-state index >= 15 is 0 Å². The minimum Gasteiger partial charge on any atom is -0.448 e.